The molecule has 0 aliphatic carbocycles. The minimum atomic E-state index is -0.162. The van der Waals surface area contributed by atoms with Gasteiger partial charge in [-0.25, -0.2) is 4.98 Å². The summed E-state index contributed by atoms with van der Waals surface area (Å²) >= 11 is 1.31. The number of H-pyrrole nitrogens is 1. The van der Waals surface area contributed by atoms with Crippen LogP contribution in [0.25, 0.3) is 0 Å². The SMILES string of the molecule is CCCc1cc(=O)[nH]c(SCC(=O)N2CCN(C(c3ccccc3)c3ccccc3)CC2)n1. The third-order valence-electron chi connectivity index (χ3n) is 5.87. The molecule has 1 aliphatic rings. The van der Waals surface area contributed by atoms with Crippen LogP contribution in [0.5, 0.6) is 0 Å². The zero-order valence-corrected chi connectivity index (χ0v) is 19.8. The quantitative estimate of drug-likeness (QED) is 0.408. The van der Waals surface area contributed by atoms with Gasteiger partial charge in [0.1, 0.15) is 0 Å². The highest BCUT2D eigenvalue weighted by molar-refractivity contribution is 7.99. The Hall–Kier alpha value is -2.90. The average molecular weight is 463 g/mol. The molecular formula is C26H30N4O2S. The van der Waals surface area contributed by atoms with E-state index in [1.54, 1.807) is 0 Å². The topological polar surface area (TPSA) is 69.3 Å². The van der Waals surface area contributed by atoms with Gasteiger partial charge in [-0.1, -0.05) is 85.8 Å². The van der Waals surface area contributed by atoms with Crippen molar-refractivity contribution in [2.24, 2.45) is 0 Å². The zero-order valence-electron chi connectivity index (χ0n) is 18.9. The molecule has 1 aromatic heterocycles. The number of carbonyl (C=O) groups is 1. The van der Waals surface area contributed by atoms with Gasteiger partial charge in [-0.3, -0.25) is 14.5 Å². The van der Waals surface area contributed by atoms with Crippen molar-refractivity contribution in [1.29, 1.82) is 0 Å². The molecule has 2 aromatic carbocycles. The highest BCUT2D eigenvalue weighted by Gasteiger charge is 2.28. The minimum Gasteiger partial charge on any atom is -0.339 e. The van der Waals surface area contributed by atoms with Crippen LogP contribution in [0.2, 0.25) is 0 Å². The normalized spacial score (nSPS) is 14.5. The summed E-state index contributed by atoms with van der Waals surface area (Å²) in [5.74, 6) is 0.360. The predicted octanol–water partition coefficient (Wildman–Crippen LogP) is 3.75. The van der Waals surface area contributed by atoms with Gasteiger partial charge in [0, 0.05) is 37.9 Å². The summed E-state index contributed by atoms with van der Waals surface area (Å²) in [6.07, 6.45) is 1.69. The molecule has 0 spiro atoms. The van der Waals surface area contributed by atoms with E-state index in [4.69, 9.17) is 0 Å². The number of aryl methyl sites for hydroxylation is 1. The second-order valence-electron chi connectivity index (χ2n) is 8.22. The molecule has 0 saturated carbocycles. The van der Waals surface area contributed by atoms with Gasteiger partial charge in [-0.15, -0.1) is 0 Å². The molecule has 4 rings (SSSR count). The van der Waals surface area contributed by atoms with Gasteiger partial charge in [0.2, 0.25) is 5.91 Å². The van der Waals surface area contributed by atoms with Crippen molar-refractivity contribution < 1.29 is 4.79 Å². The van der Waals surface area contributed by atoms with E-state index in [1.807, 2.05) is 17.0 Å². The third-order valence-corrected chi connectivity index (χ3v) is 6.73. The lowest BCUT2D eigenvalue weighted by atomic mass is 9.96. The van der Waals surface area contributed by atoms with Crippen LogP contribution in [0.15, 0.2) is 76.7 Å². The van der Waals surface area contributed by atoms with Gasteiger partial charge in [-0.05, 0) is 17.5 Å². The first-order valence-electron chi connectivity index (χ1n) is 11.5. The van der Waals surface area contributed by atoms with E-state index in [2.05, 4.69) is 70.3 Å². The van der Waals surface area contributed by atoms with Crippen molar-refractivity contribution >= 4 is 17.7 Å². The number of thioether (sulfide) groups is 1. The fourth-order valence-electron chi connectivity index (χ4n) is 4.27. The van der Waals surface area contributed by atoms with Gasteiger partial charge in [-0.2, -0.15) is 0 Å². The van der Waals surface area contributed by atoms with E-state index in [-0.39, 0.29) is 23.3 Å². The summed E-state index contributed by atoms with van der Waals surface area (Å²) in [5, 5.41) is 0.520. The lowest BCUT2D eigenvalue weighted by Crippen LogP contribution is -2.50. The molecule has 0 atom stereocenters. The fraction of sp³-hybridized carbons (Fsp3) is 0.346. The van der Waals surface area contributed by atoms with Gasteiger partial charge >= 0.3 is 0 Å². The van der Waals surface area contributed by atoms with Gasteiger partial charge < -0.3 is 9.88 Å². The number of nitrogens with one attached hydrogen (secondary N) is 1. The Morgan fingerprint density at radius 2 is 1.61 bits per heavy atom. The molecule has 2 heterocycles. The molecule has 1 aliphatic heterocycles. The van der Waals surface area contributed by atoms with Crippen LogP contribution >= 0.6 is 11.8 Å². The maximum atomic E-state index is 12.9. The molecule has 7 heteroatoms. The molecule has 1 N–H and O–H groups in total. The summed E-state index contributed by atoms with van der Waals surface area (Å²) in [6, 6.07) is 22.8. The van der Waals surface area contributed by atoms with Crippen LogP contribution in [0.3, 0.4) is 0 Å². The maximum absolute atomic E-state index is 12.9. The van der Waals surface area contributed by atoms with Crippen LogP contribution < -0.4 is 5.56 Å². The minimum absolute atomic E-state index is 0.0826. The fourth-order valence-corrected chi connectivity index (χ4v) is 5.07. The predicted molar refractivity (Wildman–Crippen MR) is 132 cm³/mol. The molecule has 1 amide bonds. The summed E-state index contributed by atoms with van der Waals surface area (Å²) in [6.45, 7) is 5.06. The van der Waals surface area contributed by atoms with E-state index < -0.39 is 0 Å². The van der Waals surface area contributed by atoms with Crippen LogP contribution in [-0.4, -0.2) is 57.6 Å². The van der Waals surface area contributed by atoms with Gasteiger partial charge in [0.15, 0.2) is 5.16 Å². The Morgan fingerprint density at radius 3 is 2.18 bits per heavy atom. The van der Waals surface area contributed by atoms with Crippen molar-refractivity contribution in [3.63, 3.8) is 0 Å². The third kappa shape index (κ3) is 6.12. The van der Waals surface area contributed by atoms with Gasteiger partial charge in [0.05, 0.1) is 11.8 Å². The second kappa shape index (κ2) is 11.3. The zero-order chi connectivity index (χ0) is 23.0. The van der Waals surface area contributed by atoms with Crippen LogP contribution in [0, 0.1) is 0 Å². The molecule has 0 bridgehead atoms. The Bertz CT molecular complexity index is 1060. The molecule has 33 heavy (non-hydrogen) atoms. The number of amides is 1. The number of hydrogen-bond donors (Lipinski definition) is 1. The van der Waals surface area contributed by atoms with E-state index >= 15 is 0 Å². The molecule has 6 nitrogen and oxygen atoms in total. The first kappa shape index (κ1) is 23.3. The Balaban J connectivity index is 1.37. The van der Waals surface area contributed by atoms with Crippen molar-refractivity contribution in [3.05, 3.63) is 93.9 Å². The number of nitrogens with zero attached hydrogens (tertiary/aromatic N) is 3. The van der Waals surface area contributed by atoms with Crippen molar-refractivity contribution in [1.82, 2.24) is 19.8 Å². The molecule has 0 radical (unpaired) electrons. The average Bonchev–Trinajstić information content (AvgIpc) is 2.84. The largest absolute Gasteiger partial charge is 0.339 e. The monoisotopic (exact) mass is 462 g/mol. The molecule has 3 aromatic rings. The van der Waals surface area contributed by atoms with E-state index in [1.165, 1.54) is 29.0 Å². The Morgan fingerprint density at radius 1 is 1.00 bits per heavy atom. The van der Waals surface area contributed by atoms with E-state index in [0.717, 1.165) is 31.6 Å². The number of rotatable bonds is 8. The number of piperazine rings is 1. The van der Waals surface area contributed by atoms with Crippen molar-refractivity contribution in [3.8, 4) is 0 Å². The summed E-state index contributed by atoms with van der Waals surface area (Å²) in [4.78, 5) is 36.3. The lowest BCUT2D eigenvalue weighted by Gasteiger charge is -2.39. The number of hydrogen-bond acceptors (Lipinski definition) is 5. The summed E-state index contributed by atoms with van der Waals surface area (Å²) in [5.41, 5.74) is 3.14. The van der Waals surface area contributed by atoms with Crippen LogP contribution in [0.4, 0.5) is 0 Å². The Labute approximate surface area is 199 Å². The van der Waals surface area contributed by atoms with Crippen molar-refractivity contribution in [2.45, 2.75) is 31.0 Å². The molecule has 172 valence electrons. The maximum Gasteiger partial charge on any atom is 0.251 e. The van der Waals surface area contributed by atoms with Gasteiger partial charge in [0.25, 0.3) is 5.56 Å². The highest BCUT2D eigenvalue weighted by atomic mass is 32.2. The second-order valence-corrected chi connectivity index (χ2v) is 9.19. The summed E-state index contributed by atoms with van der Waals surface area (Å²) < 4.78 is 0. The molecular weight excluding hydrogens is 432 g/mol. The first-order chi connectivity index (χ1) is 16.1. The molecule has 0 unspecified atom stereocenters. The van der Waals surface area contributed by atoms with Crippen LogP contribution in [-0.2, 0) is 11.2 Å². The number of aromatic amines is 1. The number of carbonyl (C=O) groups excluding carboxylic acids is 1. The summed E-state index contributed by atoms with van der Waals surface area (Å²) in [7, 11) is 0. The standard InChI is InChI=1S/C26H30N4O2S/c1-2-9-22-18-23(31)28-26(27-22)33-19-24(32)29-14-16-30(17-15-29)25(20-10-5-3-6-11-20)21-12-7-4-8-13-21/h3-8,10-13,18,25H,2,9,14-17,19H2,1H3,(H,27,28,31). The van der Waals surface area contributed by atoms with Crippen LogP contribution in [0.1, 0.15) is 36.2 Å². The number of benzene rings is 2. The van der Waals surface area contributed by atoms with E-state index in [9.17, 15) is 9.59 Å². The first-order valence-corrected chi connectivity index (χ1v) is 12.5. The number of aromatic nitrogens is 2. The highest BCUT2D eigenvalue weighted by Crippen LogP contribution is 2.29. The van der Waals surface area contributed by atoms with Crippen molar-refractivity contribution in [2.75, 3.05) is 31.9 Å². The Kier molecular flexibility index (Phi) is 7.96. The smallest absolute Gasteiger partial charge is 0.251 e. The van der Waals surface area contributed by atoms with E-state index in [0.29, 0.717) is 18.2 Å². The molecule has 1 saturated heterocycles. The lowest BCUT2D eigenvalue weighted by molar-refractivity contribution is -0.130. The molecule has 1 fully saturated rings.